The van der Waals surface area contributed by atoms with Crippen LogP contribution in [0.15, 0.2) is 43.1 Å². The summed E-state index contributed by atoms with van der Waals surface area (Å²) in [6.45, 7) is 1.97. The monoisotopic (exact) mass is 282 g/mol. The maximum atomic E-state index is 5.73. The van der Waals surface area contributed by atoms with Crippen molar-refractivity contribution in [1.29, 1.82) is 0 Å². The lowest BCUT2D eigenvalue weighted by atomic mass is 10.2. The van der Waals surface area contributed by atoms with Gasteiger partial charge in [-0.05, 0) is 19.1 Å². The Labute approximate surface area is 121 Å². The van der Waals surface area contributed by atoms with Crippen molar-refractivity contribution < 1.29 is 0 Å². The highest BCUT2D eigenvalue weighted by Crippen LogP contribution is 2.15. The SMILES string of the molecule is CC(Nc1nc(N)nc(-n2ccnc2)n1)c1ccccn1. The minimum Gasteiger partial charge on any atom is -0.368 e. The standard InChI is InChI=1S/C13H14N8/c1-9(10-4-2-3-5-16-10)17-12-18-11(14)19-13(20-12)21-7-6-15-8-21/h2-9H,1H3,(H3,14,17,18,19,20). The molecule has 3 aromatic rings. The topological polar surface area (TPSA) is 107 Å². The zero-order chi connectivity index (χ0) is 14.7. The van der Waals surface area contributed by atoms with E-state index in [9.17, 15) is 0 Å². The summed E-state index contributed by atoms with van der Waals surface area (Å²) >= 11 is 0. The predicted octanol–water partition coefficient (Wildman–Crippen LogP) is 1.21. The number of anilines is 2. The number of nitrogens with one attached hydrogen (secondary N) is 1. The quantitative estimate of drug-likeness (QED) is 0.740. The highest BCUT2D eigenvalue weighted by Gasteiger charge is 2.11. The molecule has 0 amide bonds. The van der Waals surface area contributed by atoms with Gasteiger partial charge >= 0.3 is 0 Å². The van der Waals surface area contributed by atoms with Crippen molar-refractivity contribution in [2.24, 2.45) is 0 Å². The largest absolute Gasteiger partial charge is 0.368 e. The van der Waals surface area contributed by atoms with Gasteiger partial charge in [0.2, 0.25) is 17.8 Å². The van der Waals surface area contributed by atoms with Crippen LogP contribution in [0.1, 0.15) is 18.7 Å². The van der Waals surface area contributed by atoms with Crippen LogP contribution >= 0.6 is 0 Å². The van der Waals surface area contributed by atoms with Crippen LogP contribution in [0, 0.1) is 0 Å². The van der Waals surface area contributed by atoms with Crippen LogP contribution in [0.4, 0.5) is 11.9 Å². The van der Waals surface area contributed by atoms with Crippen molar-refractivity contribution in [1.82, 2.24) is 29.5 Å². The molecule has 0 spiro atoms. The number of nitrogens with zero attached hydrogens (tertiary/aromatic N) is 6. The van der Waals surface area contributed by atoms with E-state index in [1.165, 1.54) is 0 Å². The molecule has 0 saturated carbocycles. The molecule has 0 saturated heterocycles. The highest BCUT2D eigenvalue weighted by atomic mass is 15.3. The summed E-state index contributed by atoms with van der Waals surface area (Å²) in [5.41, 5.74) is 6.62. The number of aromatic nitrogens is 6. The van der Waals surface area contributed by atoms with E-state index in [-0.39, 0.29) is 12.0 Å². The molecule has 21 heavy (non-hydrogen) atoms. The third-order valence-electron chi connectivity index (χ3n) is 2.85. The molecule has 8 nitrogen and oxygen atoms in total. The lowest BCUT2D eigenvalue weighted by Crippen LogP contribution is -2.14. The van der Waals surface area contributed by atoms with Gasteiger partial charge in [0.1, 0.15) is 6.33 Å². The van der Waals surface area contributed by atoms with Crippen molar-refractivity contribution in [2.45, 2.75) is 13.0 Å². The fraction of sp³-hybridized carbons (Fsp3) is 0.154. The molecule has 1 atom stereocenters. The summed E-state index contributed by atoms with van der Waals surface area (Å²) in [5, 5.41) is 3.16. The second-order valence-electron chi connectivity index (χ2n) is 4.41. The zero-order valence-electron chi connectivity index (χ0n) is 11.4. The predicted molar refractivity (Wildman–Crippen MR) is 77.6 cm³/mol. The molecule has 3 aromatic heterocycles. The van der Waals surface area contributed by atoms with Crippen LogP contribution in [0.3, 0.4) is 0 Å². The average molecular weight is 282 g/mol. The molecule has 0 radical (unpaired) electrons. The van der Waals surface area contributed by atoms with Gasteiger partial charge in [-0.2, -0.15) is 15.0 Å². The summed E-state index contributed by atoms with van der Waals surface area (Å²) in [7, 11) is 0. The van der Waals surface area contributed by atoms with Gasteiger partial charge in [0, 0.05) is 18.6 Å². The molecule has 0 aromatic carbocycles. The molecule has 0 bridgehead atoms. The Morgan fingerprint density at radius 3 is 2.81 bits per heavy atom. The average Bonchev–Trinajstić information content (AvgIpc) is 3.02. The third-order valence-corrected chi connectivity index (χ3v) is 2.85. The van der Waals surface area contributed by atoms with E-state index in [2.05, 4.69) is 30.2 Å². The lowest BCUT2D eigenvalue weighted by molar-refractivity contribution is 0.809. The second-order valence-corrected chi connectivity index (χ2v) is 4.41. The molecule has 0 fully saturated rings. The van der Waals surface area contributed by atoms with Gasteiger partial charge in [-0.25, -0.2) is 4.98 Å². The van der Waals surface area contributed by atoms with E-state index in [4.69, 9.17) is 5.73 Å². The minimum absolute atomic E-state index is 0.0522. The number of pyridine rings is 1. The molecular formula is C13H14N8. The molecule has 3 heterocycles. The smallest absolute Gasteiger partial charge is 0.241 e. The first kappa shape index (κ1) is 13.0. The van der Waals surface area contributed by atoms with Crippen LogP contribution < -0.4 is 11.1 Å². The Bertz CT molecular complexity index is 710. The second kappa shape index (κ2) is 5.53. The van der Waals surface area contributed by atoms with E-state index in [1.54, 1.807) is 29.5 Å². The number of imidazole rings is 1. The van der Waals surface area contributed by atoms with Crippen molar-refractivity contribution in [3.8, 4) is 5.95 Å². The van der Waals surface area contributed by atoms with Crippen molar-refractivity contribution in [3.63, 3.8) is 0 Å². The molecule has 106 valence electrons. The summed E-state index contributed by atoms with van der Waals surface area (Å²) < 4.78 is 1.66. The minimum atomic E-state index is -0.0522. The molecule has 3 rings (SSSR count). The van der Waals surface area contributed by atoms with E-state index in [0.29, 0.717) is 11.9 Å². The van der Waals surface area contributed by atoms with Gasteiger partial charge in [-0.3, -0.25) is 9.55 Å². The van der Waals surface area contributed by atoms with Gasteiger partial charge < -0.3 is 11.1 Å². The van der Waals surface area contributed by atoms with Gasteiger partial charge in [-0.1, -0.05) is 6.07 Å². The highest BCUT2D eigenvalue weighted by molar-refractivity contribution is 5.37. The maximum absolute atomic E-state index is 5.73. The third kappa shape index (κ3) is 2.94. The van der Waals surface area contributed by atoms with Crippen LogP contribution in [0.25, 0.3) is 5.95 Å². The lowest BCUT2D eigenvalue weighted by Gasteiger charge is -2.13. The molecule has 3 N–H and O–H groups in total. The molecular weight excluding hydrogens is 268 g/mol. The Balaban J connectivity index is 1.86. The zero-order valence-corrected chi connectivity index (χ0v) is 11.4. The number of nitrogen functional groups attached to an aromatic ring is 1. The van der Waals surface area contributed by atoms with E-state index < -0.39 is 0 Å². The number of hydrogen-bond donors (Lipinski definition) is 2. The van der Waals surface area contributed by atoms with Crippen molar-refractivity contribution in [2.75, 3.05) is 11.1 Å². The Morgan fingerprint density at radius 1 is 1.19 bits per heavy atom. The van der Waals surface area contributed by atoms with E-state index in [0.717, 1.165) is 5.69 Å². The first-order valence-electron chi connectivity index (χ1n) is 6.40. The first-order chi connectivity index (χ1) is 10.2. The van der Waals surface area contributed by atoms with Gasteiger partial charge in [0.05, 0.1) is 11.7 Å². The van der Waals surface area contributed by atoms with Gasteiger partial charge in [-0.15, -0.1) is 0 Å². The number of nitrogens with two attached hydrogens (primary N) is 1. The van der Waals surface area contributed by atoms with Crippen LogP contribution in [-0.4, -0.2) is 29.5 Å². The molecule has 0 aliphatic carbocycles. The summed E-state index contributed by atoms with van der Waals surface area (Å²) in [6.07, 6.45) is 6.72. The summed E-state index contributed by atoms with van der Waals surface area (Å²) in [6, 6.07) is 5.68. The normalized spacial score (nSPS) is 12.0. The first-order valence-corrected chi connectivity index (χ1v) is 6.40. The van der Waals surface area contributed by atoms with E-state index >= 15 is 0 Å². The van der Waals surface area contributed by atoms with Crippen molar-refractivity contribution in [3.05, 3.63) is 48.8 Å². The van der Waals surface area contributed by atoms with Gasteiger partial charge in [0.25, 0.3) is 0 Å². The number of rotatable bonds is 4. The molecule has 1 unspecified atom stereocenters. The number of hydrogen-bond acceptors (Lipinski definition) is 7. The Kier molecular flexibility index (Phi) is 3.42. The Hall–Kier alpha value is -3.03. The molecule has 8 heteroatoms. The molecule has 0 aliphatic rings. The van der Waals surface area contributed by atoms with Crippen LogP contribution in [-0.2, 0) is 0 Å². The fourth-order valence-electron chi connectivity index (χ4n) is 1.84. The van der Waals surface area contributed by atoms with Gasteiger partial charge in [0.15, 0.2) is 0 Å². The van der Waals surface area contributed by atoms with Crippen LogP contribution in [0.5, 0.6) is 0 Å². The Morgan fingerprint density at radius 2 is 2.10 bits per heavy atom. The summed E-state index contributed by atoms with van der Waals surface area (Å²) in [4.78, 5) is 20.7. The van der Waals surface area contributed by atoms with E-state index in [1.807, 2.05) is 25.1 Å². The fourth-order valence-corrected chi connectivity index (χ4v) is 1.84. The molecule has 0 aliphatic heterocycles. The summed E-state index contributed by atoms with van der Waals surface area (Å²) in [5.74, 6) is 0.949. The maximum Gasteiger partial charge on any atom is 0.241 e. The van der Waals surface area contributed by atoms with Crippen LogP contribution in [0.2, 0.25) is 0 Å². The van der Waals surface area contributed by atoms with Crippen molar-refractivity contribution >= 4 is 11.9 Å².